The fourth-order valence-electron chi connectivity index (χ4n) is 4.12. The SMILES string of the molecule is CCCCC(NC(=O)OCC1c2ccccc2-c2ccccc21)C(=O)NC(C)C(C)C(=O)O. The highest BCUT2D eigenvalue weighted by atomic mass is 16.5. The number of fused-ring (bicyclic) bond motifs is 3. The number of unbranched alkanes of at least 4 members (excludes halogenated alkanes) is 1. The Hall–Kier alpha value is -3.35. The van der Waals surface area contributed by atoms with Crippen molar-refractivity contribution >= 4 is 18.0 Å². The molecule has 3 rings (SSSR count). The summed E-state index contributed by atoms with van der Waals surface area (Å²) in [6, 6.07) is 14.8. The highest BCUT2D eigenvalue weighted by Crippen LogP contribution is 2.44. The highest BCUT2D eigenvalue weighted by Gasteiger charge is 2.30. The summed E-state index contributed by atoms with van der Waals surface area (Å²) in [7, 11) is 0. The van der Waals surface area contributed by atoms with Gasteiger partial charge >= 0.3 is 12.1 Å². The summed E-state index contributed by atoms with van der Waals surface area (Å²) in [6.45, 7) is 5.33. The lowest BCUT2D eigenvalue weighted by atomic mass is 9.98. The van der Waals surface area contributed by atoms with Gasteiger partial charge in [0.25, 0.3) is 0 Å². The van der Waals surface area contributed by atoms with E-state index in [0.717, 1.165) is 35.1 Å². The van der Waals surface area contributed by atoms with E-state index in [2.05, 4.69) is 22.8 Å². The predicted molar refractivity (Wildman–Crippen MR) is 126 cm³/mol. The van der Waals surface area contributed by atoms with Gasteiger partial charge in [0.2, 0.25) is 5.91 Å². The molecule has 1 aliphatic rings. The number of carbonyl (C=O) groups is 3. The minimum atomic E-state index is -0.989. The van der Waals surface area contributed by atoms with Gasteiger partial charge in [0.05, 0.1) is 5.92 Å². The first-order valence-corrected chi connectivity index (χ1v) is 11.5. The van der Waals surface area contributed by atoms with Crippen LogP contribution in [0.4, 0.5) is 4.79 Å². The quantitative estimate of drug-likeness (QED) is 0.498. The Morgan fingerprint density at radius 1 is 0.970 bits per heavy atom. The standard InChI is InChI=1S/C26H32N2O5/c1-4-5-14-23(24(29)27-17(3)16(2)25(30)31)28-26(32)33-15-22-20-12-8-6-10-18(20)19-11-7-9-13-21(19)22/h6-13,16-17,22-23H,4-5,14-15H2,1-3H3,(H,27,29)(H,28,32)(H,30,31). The predicted octanol–water partition coefficient (Wildman–Crippen LogP) is 4.31. The van der Waals surface area contributed by atoms with Crippen LogP contribution in [0.1, 0.15) is 57.1 Å². The Morgan fingerprint density at radius 2 is 1.55 bits per heavy atom. The van der Waals surface area contributed by atoms with Gasteiger partial charge in [-0.3, -0.25) is 9.59 Å². The van der Waals surface area contributed by atoms with Gasteiger partial charge in [0, 0.05) is 12.0 Å². The number of benzene rings is 2. The number of nitrogens with one attached hydrogen (secondary N) is 2. The van der Waals surface area contributed by atoms with Crippen molar-refractivity contribution in [1.82, 2.24) is 10.6 Å². The Kier molecular flexibility index (Phi) is 8.09. The largest absolute Gasteiger partial charge is 0.481 e. The molecule has 2 amide bonds. The zero-order chi connectivity index (χ0) is 24.0. The van der Waals surface area contributed by atoms with Gasteiger partial charge in [0.15, 0.2) is 0 Å². The summed E-state index contributed by atoms with van der Waals surface area (Å²) in [6.07, 6.45) is 1.38. The normalized spacial score (nSPS) is 15.0. The lowest BCUT2D eigenvalue weighted by Gasteiger charge is -2.23. The van der Waals surface area contributed by atoms with E-state index in [9.17, 15) is 14.4 Å². The minimum Gasteiger partial charge on any atom is -0.481 e. The number of hydrogen-bond acceptors (Lipinski definition) is 4. The maximum Gasteiger partial charge on any atom is 0.407 e. The average molecular weight is 453 g/mol. The van der Waals surface area contributed by atoms with Crippen molar-refractivity contribution in [2.45, 2.75) is 58.0 Å². The van der Waals surface area contributed by atoms with E-state index in [0.29, 0.717) is 6.42 Å². The number of alkyl carbamates (subject to hydrolysis) is 1. The molecule has 176 valence electrons. The zero-order valence-corrected chi connectivity index (χ0v) is 19.3. The summed E-state index contributed by atoms with van der Waals surface area (Å²) in [4.78, 5) is 36.5. The van der Waals surface area contributed by atoms with E-state index in [1.54, 1.807) is 6.92 Å². The molecule has 2 aromatic rings. The van der Waals surface area contributed by atoms with Crippen molar-refractivity contribution < 1.29 is 24.2 Å². The van der Waals surface area contributed by atoms with Gasteiger partial charge in [-0.2, -0.15) is 0 Å². The molecule has 33 heavy (non-hydrogen) atoms. The number of rotatable bonds is 10. The molecule has 0 heterocycles. The van der Waals surface area contributed by atoms with E-state index in [4.69, 9.17) is 9.84 Å². The molecule has 0 saturated heterocycles. The lowest BCUT2D eigenvalue weighted by Crippen LogP contribution is -2.51. The van der Waals surface area contributed by atoms with Crippen LogP contribution in [0.25, 0.3) is 11.1 Å². The second kappa shape index (κ2) is 11.0. The first kappa shape index (κ1) is 24.3. The molecular formula is C26H32N2O5. The maximum absolute atomic E-state index is 12.7. The summed E-state index contributed by atoms with van der Waals surface area (Å²) in [5.41, 5.74) is 4.51. The van der Waals surface area contributed by atoms with Crippen LogP contribution in [-0.2, 0) is 14.3 Å². The molecule has 3 N–H and O–H groups in total. The van der Waals surface area contributed by atoms with E-state index in [1.165, 1.54) is 6.92 Å². The van der Waals surface area contributed by atoms with Crippen LogP contribution in [0, 0.1) is 5.92 Å². The van der Waals surface area contributed by atoms with Crippen molar-refractivity contribution in [3.63, 3.8) is 0 Å². The first-order chi connectivity index (χ1) is 15.8. The number of ether oxygens (including phenoxy) is 1. The molecule has 2 aromatic carbocycles. The van der Waals surface area contributed by atoms with Crippen molar-refractivity contribution in [2.75, 3.05) is 6.61 Å². The van der Waals surface area contributed by atoms with Crippen molar-refractivity contribution in [1.29, 1.82) is 0 Å². The third-order valence-corrected chi connectivity index (χ3v) is 6.31. The topological polar surface area (TPSA) is 105 Å². The fourth-order valence-corrected chi connectivity index (χ4v) is 4.12. The molecule has 0 spiro atoms. The Morgan fingerprint density at radius 3 is 2.09 bits per heavy atom. The molecule has 3 atom stereocenters. The van der Waals surface area contributed by atoms with Gasteiger partial charge in [-0.05, 0) is 42.5 Å². The maximum atomic E-state index is 12.7. The molecule has 0 bridgehead atoms. The summed E-state index contributed by atoms with van der Waals surface area (Å²) < 4.78 is 5.57. The Balaban J connectivity index is 1.64. The van der Waals surface area contributed by atoms with Crippen LogP contribution in [0.15, 0.2) is 48.5 Å². The second-order valence-corrected chi connectivity index (χ2v) is 8.59. The van der Waals surface area contributed by atoms with Crippen LogP contribution < -0.4 is 10.6 Å². The lowest BCUT2D eigenvalue weighted by molar-refractivity contribution is -0.142. The molecule has 7 nitrogen and oxygen atoms in total. The van der Waals surface area contributed by atoms with Gasteiger partial charge < -0.3 is 20.5 Å². The van der Waals surface area contributed by atoms with Gasteiger partial charge in [-0.15, -0.1) is 0 Å². The molecule has 7 heteroatoms. The Bertz CT molecular complexity index is 960. The number of carboxylic acid groups (broad SMARTS) is 1. The molecule has 0 aliphatic heterocycles. The minimum absolute atomic E-state index is 0.0671. The smallest absolute Gasteiger partial charge is 0.407 e. The van der Waals surface area contributed by atoms with Crippen molar-refractivity contribution in [2.24, 2.45) is 5.92 Å². The molecule has 1 aliphatic carbocycles. The summed E-state index contributed by atoms with van der Waals surface area (Å²) in [5.74, 6) is -2.20. The summed E-state index contributed by atoms with van der Waals surface area (Å²) in [5, 5.41) is 14.5. The average Bonchev–Trinajstić information content (AvgIpc) is 3.13. The van der Waals surface area contributed by atoms with Crippen LogP contribution >= 0.6 is 0 Å². The molecule has 3 unspecified atom stereocenters. The number of carbonyl (C=O) groups excluding carboxylic acids is 2. The zero-order valence-electron chi connectivity index (χ0n) is 19.3. The highest BCUT2D eigenvalue weighted by molar-refractivity contribution is 5.86. The number of carboxylic acids is 1. The Labute approximate surface area is 194 Å². The van der Waals surface area contributed by atoms with Crippen LogP contribution in [0.2, 0.25) is 0 Å². The van der Waals surface area contributed by atoms with Crippen LogP contribution in [0.3, 0.4) is 0 Å². The number of aliphatic carboxylic acids is 1. The molecular weight excluding hydrogens is 420 g/mol. The fraction of sp³-hybridized carbons (Fsp3) is 0.423. The molecule has 0 aromatic heterocycles. The second-order valence-electron chi connectivity index (χ2n) is 8.59. The van der Waals surface area contributed by atoms with E-state index < -0.39 is 36.0 Å². The van der Waals surface area contributed by atoms with E-state index >= 15 is 0 Å². The van der Waals surface area contributed by atoms with Crippen LogP contribution in [0.5, 0.6) is 0 Å². The summed E-state index contributed by atoms with van der Waals surface area (Å²) >= 11 is 0. The number of hydrogen-bond donors (Lipinski definition) is 3. The van der Waals surface area contributed by atoms with E-state index in [1.807, 2.05) is 43.3 Å². The third kappa shape index (κ3) is 5.72. The van der Waals surface area contributed by atoms with Crippen molar-refractivity contribution in [3.8, 4) is 11.1 Å². The monoisotopic (exact) mass is 452 g/mol. The van der Waals surface area contributed by atoms with Gasteiger partial charge in [-0.25, -0.2) is 4.79 Å². The number of amides is 2. The third-order valence-electron chi connectivity index (χ3n) is 6.31. The van der Waals surface area contributed by atoms with Crippen LogP contribution in [-0.4, -0.2) is 41.8 Å². The van der Waals surface area contributed by atoms with Crippen molar-refractivity contribution in [3.05, 3.63) is 59.7 Å². The van der Waals surface area contributed by atoms with Gasteiger partial charge in [0.1, 0.15) is 12.6 Å². The molecule has 0 saturated carbocycles. The molecule has 0 radical (unpaired) electrons. The van der Waals surface area contributed by atoms with E-state index in [-0.39, 0.29) is 12.5 Å². The van der Waals surface area contributed by atoms with Gasteiger partial charge in [-0.1, -0.05) is 68.3 Å². The molecule has 0 fully saturated rings. The first-order valence-electron chi connectivity index (χ1n) is 11.5.